The molecule has 0 saturated heterocycles. The van der Waals surface area contributed by atoms with Crippen LogP contribution in [-0.4, -0.2) is 18.3 Å². The first-order valence-corrected chi connectivity index (χ1v) is 11.5. The van der Waals surface area contributed by atoms with Gasteiger partial charge >= 0.3 is 0 Å². The zero-order valence-electron chi connectivity index (χ0n) is 16.3. The van der Waals surface area contributed by atoms with Crippen molar-refractivity contribution in [2.24, 2.45) is 0 Å². The lowest BCUT2D eigenvalue weighted by Crippen LogP contribution is -2.52. The van der Waals surface area contributed by atoms with E-state index in [4.69, 9.17) is 0 Å². The molecule has 144 valence electrons. The fraction of sp³-hybridized carbons (Fsp3) is 0.478. The number of hydrogen-bond donors (Lipinski definition) is 0. The van der Waals surface area contributed by atoms with Gasteiger partial charge in [0.05, 0.1) is 4.90 Å². The van der Waals surface area contributed by atoms with Crippen molar-refractivity contribution in [3.05, 3.63) is 65.2 Å². The Kier molecular flexibility index (Phi) is 4.89. The Morgan fingerprint density at radius 3 is 2.33 bits per heavy atom. The average molecular weight is 384 g/mol. The highest BCUT2D eigenvalue weighted by Crippen LogP contribution is 2.47. The molecule has 2 aliphatic rings. The standard InChI is InChI=1S/C23H29NO2S/c1-18-10-12-21(13-11-18)27(25,26)24-17-20-8-4-5-9-22(20)19(2)16-23(24)14-6-3-7-15-23/h4-5,8-13,19H,3,6-7,14-17H2,1-2H3/t19-/m1/s1. The predicted octanol–water partition coefficient (Wildman–Crippen LogP) is 5.40. The van der Waals surface area contributed by atoms with Gasteiger partial charge in [0.2, 0.25) is 10.0 Å². The van der Waals surface area contributed by atoms with Crippen LogP contribution in [0.5, 0.6) is 0 Å². The summed E-state index contributed by atoms with van der Waals surface area (Å²) in [6.07, 6.45) is 6.29. The van der Waals surface area contributed by atoms with Gasteiger partial charge in [-0.15, -0.1) is 0 Å². The van der Waals surface area contributed by atoms with E-state index < -0.39 is 10.0 Å². The van der Waals surface area contributed by atoms with Gasteiger partial charge in [0.1, 0.15) is 0 Å². The molecule has 0 N–H and O–H groups in total. The fourth-order valence-corrected chi connectivity index (χ4v) is 6.91. The largest absolute Gasteiger partial charge is 0.243 e. The van der Waals surface area contributed by atoms with E-state index in [-0.39, 0.29) is 5.54 Å². The van der Waals surface area contributed by atoms with Crippen LogP contribution in [0.4, 0.5) is 0 Å². The molecule has 1 fully saturated rings. The molecule has 0 unspecified atom stereocenters. The van der Waals surface area contributed by atoms with Gasteiger partial charge in [-0.2, -0.15) is 4.31 Å². The van der Waals surface area contributed by atoms with E-state index in [0.29, 0.717) is 17.4 Å². The molecule has 27 heavy (non-hydrogen) atoms. The van der Waals surface area contributed by atoms with Crippen LogP contribution in [-0.2, 0) is 16.6 Å². The van der Waals surface area contributed by atoms with Gasteiger partial charge in [-0.05, 0) is 55.4 Å². The molecule has 3 nitrogen and oxygen atoms in total. The van der Waals surface area contributed by atoms with Crippen molar-refractivity contribution in [3.63, 3.8) is 0 Å². The van der Waals surface area contributed by atoms with E-state index in [0.717, 1.165) is 43.2 Å². The van der Waals surface area contributed by atoms with Crippen molar-refractivity contribution in [1.29, 1.82) is 0 Å². The second-order valence-electron chi connectivity index (χ2n) is 8.41. The van der Waals surface area contributed by atoms with Crippen LogP contribution < -0.4 is 0 Å². The van der Waals surface area contributed by atoms with Gasteiger partial charge in [0.15, 0.2) is 0 Å². The van der Waals surface area contributed by atoms with E-state index in [2.05, 4.69) is 25.1 Å². The fourth-order valence-electron chi connectivity index (χ4n) is 5.10. The number of sulfonamides is 1. The molecule has 1 saturated carbocycles. The Hall–Kier alpha value is -1.65. The van der Waals surface area contributed by atoms with Gasteiger partial charge in [-0.25, -0.2) is 8.42 Å². The van der Waals surface area contributed by atoms with Gasteiger partial charge in [-0.3, -0.25) is 0 Å². The monoisotopic (exact) mass is 383 g/mol. The highest BCUT2D eigenvalue weighted by atomic mass is 32.2. The van der Waals surface area contributed by atoms with E-state index in [1.165, 1.54) is 12.0 Å². The van der Waals surface area contributed by atoms with Crippen LogP contribution in [0.2, 0.25) is 0 Å². The molecule has 4 heteroatoms. The maximum Gasteiger partial charge on any atom is 0.243 e. The zero-order valence-corrected chi connectivity index (χ0v) is 17.1. The van der Waals surface area contributed by atoms with Gasteiger partial charge < -0.3 is 0 Å². The first-order chi connectivity index (χ1) is 12.9. The van der Waals surface area contributed by atoms with Gasteiger partial charge in [0.25, 0.3) is 0 Å². The molecule has 1 aliphatic heterocycles. The van der Waals surface area contributed by atoms with Crippen molar-refractivity contribution in [2.45, 2.75) is 75.3 Å². The van der Waals surface area contributed by atoms with Gasteiger partial charge in [-0.1, -0.05) is 68.1 Å². The molecule has 4 rings (SSSR count). The molecule has 0 aromatic heterocycles. The van der Waals surface area contributed by atoms with Crippen molar-refractivity contribution in [2.75, 3.05) is 0 Å². The number of rotatable bonds is 2. The van der Waals surface area contributed by atoms with Gasteiger partial charge in [0, 0.05) is 12.1 Å². The topological polar surface area (TPSA) is 37.4 Å². The molecular formula is C23H29NO2S. The third-order valence-corrected chi connectivity index (χ3v) is 8.47. The molecule has 0 amide bonds. The molecular weight excluding hydrogens is 354 g/mol. The van der Waals surface area contributed by atoms with Crippen molar-refractivity contribution >= 4 is 10.0 Å². The molecule has 0 bridgehead atoms. The summed E-state index contributed by atoms with van der Waals surface area (Å²) >= 11 is 0. The summed E-state index contributed by atoms with van der Waals surface area (Å²) in [6.45, 7) is 4.73. The minimum atomic E-state index is -3.54. The highest BCUT2D eigenvalue weighted by molar-refractivity contribution is 7.89. The molecule has 0 radical (unpaired) electrons. The first kappa shape index (κ1) is 18.7. The van der Waals surface area contributed by atoms with Crippen molar-refractivity contribution in [3.8, 4) is 0 Å². The smallest absolute Gasteiger partial charge is 0.207 e. The third kappa shape index (κ3) is 3.34. The lowest BCUT2D eigenvalue weighted by atomic mass is 9.75. The summed E-state index contributed by atoms with van der Waals surface area (Å²) in [5.74, 6) is 0.373. The Morgan fingerprint density at radius 2 is 1.63 bits per heavy atom. The zero-order chi connectivity index (χ0) is 19.1. The average Bonchev–Trinajstić information content (AvgIpc) is 2.78. The molecule has 1 aliphatic carbocycles. The van der Waals surface area contributed by atoms with Crippen LogP contribution in [0.3, 0.4) is 0 Å². The summed E-state index contributed by atoms with van der Waals surface area (Å²) < 4.78 is 29.4. The van der Waals surface area contributed by atoms with Crippen molar-refractivity contribution in [1.82, 2.24) is 4.31 Å². The minimum Gasteiger partial charge on any atom is -0.207 e. The van der Waals surface area contributed by atoms with E-state index in [1.54, 1.807) is 12.1 Å². The van der Waals surface area contributed by atoms with Crippen LogP contribution >= 0.6 is 0 Å². The Labute approximate surface area is 163 Å². The normalized spacial score (nSPS) is 23.0. The van der Waals surface area contributed by atoms with Crippen LogP contribution in [0, 0.1) is 6.92 Å². The molecule has 2 aromatic carbocycles. The maximum atomic E-state index is 13.8. The van der Waals surface area contributed by atoms with Crippen LogP contribution in [0.1, 0.15) is 68.1 Å². The Balaban J connectivity index is 1.84. The van der Waals surface area contributed by atoms with E-state index in [9.17, 15) is 8.42 Å². The lowest BCUT2D eigenvalue weighted by Gasteiger charge is -2.45. The molecule has 1 spiro atoms. The summed E-state index contributed by atoms with van der Waals surface area (Å²) in [6, 6.07) is 15.7. The second kappa shape index (κ2) is 7.06. The molecule has 2 aromatic rings. The summed E-state index contributed by atoms with van der Waals surface area (Å²) in [5, 5.41) is 0. The van der Waals surface area contributed by atoms with Crippen LogP contribution in [0.25, 0.3) is 0 Å². The molecule has 1 atom stereocenters. The van der Waals surface area contributed by atoms with Crippen molar-refractivity contribution < 1.29 is 8.42 Å². The SMILES string of the molecule is Cc1ccc(S(=O)(=O)N2Cc3ccccc3[C@H](C)CC23CCCCC3)cc1. The number of aryl methyl sites for hydroxylation is 1. The number of fused-ring (bicyclic) bond motifs is 1. The predicted molar refractivity (Wildman–Crippen MR) is 109 cm³/mol. The Morgan fingerprint density at radius 1 is 0.963 bits per heavy atom. The maximum absolute atomic E-state index is 13.8. The van der Waals surface area contributed by atoms with E-state index >= 15 is 0 Å². The summed E-state index contributed by atoms with van der Waals surface area (Å²) in [5.41, 5.74) is 3.28. The first-order valence-electron chi connectivity index (χ1n) is 10.1. The number of hydrogen-bond acceptors (Lipinski definition) is 2. The third-order valence-electron chi connectivity index (χ3n) is 6.51. The number of benzene rings is 2. The lowest BCUT2D eigenvalue weighted by molar-refractivity contribution is 0.111. The minimum absolute atomic E-state index is 0.263. The number of nitrogens with zero attached hydrogens (tertiary/aromatic N) is 1. The molecule has 1 heterocycles. The highest BCUT2D eigenvalue weighted by Gasteiger charge is 2.47. The Bertz CT molecular complexity index is 912. The second-order valence-corrected chi connectivity index (χ2v) is 10.3. The summed E-state index contributed by atoms with van der Waals surface area (Å²) in [7, 11) is -3.54. The van der Waals surface area contributed by atoms with E-state index in [1.807, 2.05) is 29.4 Å². The van der Waals surface area contributed by atoms with Crippen LogP contribution in [0.15, 0.2) is 53.4 Å². The quantitative estimate of drug-likeness (QED) is 0.697. The summed E-state index contributed by atoms with van der Waals surface area (Å²) in [4.78, 5) is 0.421.